The van der Waals surface area contributed by atoms with E-state index in [9.17, 15) is 4.79 Å². The molecule has 0 N–H and O–H groups in total. The lowest BCUT2D eigenvalue weighted by atomic mass is 10.0. The number of carbonyl (C=O) groups is 1. The maximum Gasteiger partial charge on any atom is 0.313 e. The molecular weight excluding hydrogens is 314 g/mol. The maximum atomic E-state index is 12.4. The normalized spacial score (nSPS) is 12.5. The number of hydrogen-bond donors (Lipinski definition) is 0. The van der Waals surface area contributed by atoms with Crippen LogP contribution in [0.5, 0.6) is 0 Å². The molecule has 2 aliphatic rings. The van der Waals surface area contributed by atoms with E-state index in [1.807, 2.05) is 62.3 Å². The van der Waals surface area contributed by atoms with Crippen molar-refractivity contribution in [2.75, 3.05) is 27.2 Å². The summed E-state index contributed by atoms with van der Waals surface area (Å²) in [5.41, 5.74) is 4.05. The second-order valence-corrected chi connectivity index (χ2v) is 6.43. The molecule has 0 amide bonds. The summed E-state index contributed by atoms with van der Waals surface area (Å²) in [7, 11) is 3.90. The molecule has 0 saturated heterocycles. The highest BCUT2D eigenvalue weighted by molar-refractivity contribution is 5.90. The zero-order valence-corrected chi connectivity index (χ0v) is 14.9. The minimum absolute atomic E-state index is 0.229. The van der Waals surface area contributed by atoms with Gasteiger partial charge in [-0.3, -0.25) is 4.79 Å². The van der Waals surface area contributed by atoms with Gasteiger partial charge in [0.1, 0.15) is 12.4 Å². The lowest BCUT2D eigenvalue weighted by Crippen LogP contribution is -2.22. The van der Waals surface area contributed by atoms with Crippen LogP contribution in [0.2, 0.25) is 0 Å². The summed E-state index contributed by atoms with van der Waals surface area (Å²) < 4.78 is 11.2. The van der Waals surface area contributed by atoms with Crippen molar-refractivity contribution in [1.29, 1.82) is 0 Å². The average Bonchev–Trinajstić information content (AvgIpc) is 3.01. The van der Waals surface area contributed by atoms with E-state index in [1.54, 1.807) is 6.26 Å². The zero-order valence-electron chi connectivity index (χ0n) is 14.9. The summed E-state index contributed by atoms with van der Waals surface area (Å²) in [5.74, 6) is 0.138. The molecule has 3 rings (SSSR count). The van der Waals surface area contributed by atoms with Crippen molar-refractivity contribution in [3.8, 4) is 22.5 Å². The van der Waals surface area contributed by atoms with Gasteiger partial charge in [-0.25, -0.2) is 0 Å². The van der Waals surface area contributed by atoms with E-state index >= 15 is 0 Å². The molecule has 0 fully saturated rings. The first-order chi connectivity index (χ1) is 12.1. The first kappa shape index (κ1) is 17.2. The third-order valence-corrected chi connectivity index (χ3v) is 4.31. The van der Waals surface area contributed by atoms with Crippen LogP contribution in [-0.4, -0.2) is 38.1 Å². The summed E-state index contributed by atoms with van der Waals surface area (Å²) in [6, 6.07) is 16.1. The molecule has 1 atom stereocenters. The molecule has 0 aromatic heterocycles. The third kappa shape index (κ3) is 3.74. The van der Waals surface area contributed by atoms with Crippen molar-refractivity contribution in [3.63, 3.8) is 0 Å². The highest BCUT2D eigenvalue weighted by Crippen LogP contribution is 2.42. The Kier molecular flexibility index (Phi) is 5.19. The molecule has 4 heteroatoms. The maximum absolute atomic E-state index is 12.4. The fourth-order valence-electron chi connectivity index (χ4n) is 2.88. The molecule has 0 saturated carbocycles. The minimum atomic E-state index is -0.381. The van der Waals surface area contributed by atoms with Crippen LogP contribution in [0, 0.1) is 0 Å². The Morgan fingerprint density at radius 2 is 1.88 bits per heavy atom. The molecular formula is C21H23NO3. The van der Waals surface area contributed by atoms with Crippen LogP contribution in [0.4, 0.5) is 0 Å². The van der Waals surface area contributed by atoms with Crippen LogP contribution in [0.15, 0.2) is 59.2 Å². The van der Waals surface area contributed by atoms with Gasteiger partial charge in [0.05, 0.1) is 12.2 Å². The number of rotatable bonds is 6. The fraction of sp³-hybridized carbons (Fsp3) is 0.286. The Morgan fingerprint density at radius 1 is 1.12 bits per heavy atom. The molecule has 1 unspecified atom stereocenters. The number of benzene rings is 1. The summed E-state index contributed by atoms with van der Waals surface area (Å²) in [6.07, 6.45) is 1.64. The number of nitrogens with zero attached hydrogens (tertiary/aromatic N) is 1. The molecule has 1 aliphatic heterocycles. The minimum Gasteiger partial charge on any atom is -0.464 e. The summed E-state index contributed by atoms with van der Waals surface area (Å²) in [5, 5.41) is 0. The molecule has 130 valence electrons. The molecule has 1 aromatic rings. The van der Waals surface area contributed by atoms with Gasteiger partial charge < -0.3 is 14.1 Å². The first-order valence-electron chi connectivity index (χ1n) is 8.45. The Balaban J connectivity index is 1.90. The monoisotopic (exact) mass is 337 g/mol. The topological polar surface area (TPSA) is 42.7 Å². The number of carbonyl (C=O) groups excluding carboxylic acids is 1. The Labute approximate surface area is 148 Å². The summed E-state index contributed by atoms with van der Waals surface area (Å²) >= 11 is 0. The second kappa shape index (κ2) is 7.53. The van der Waals surface area contributed by atoms with Gasteiger partial charge >= 0.3 is 5.97 Å². The average molecular weight is 337 g/mol. The highest BCUT2D eigenvalue weighted by Gasteiger charge is 2.27. The van der Waals surface area contributed by atoms with E-state index in [0.717, 1.165) is 28.0 Å². The number of likely N-dealkylation sites (N-methyl/N-ethyl adjacent to an activating group) is 1. The quantitative estimate of drug-likeness (QED) is 0.630. The molecule has 4 nitrogen and oxygen atoms in total. The van der Waals surface area contributed by atoms with Gasteiger partial charge in [0.15, 0.2) is 0 Å². The van der Waals surface area contributed by atoms with Crippen LogP contribution in [-0.2, 0) is 9.53 Å². The van der Waals surface area contributed by atoms with Crippen molar-refractivity contribution in [2.45, 2.75) is 12.8 Å². The summed E-state index contributed by atoms with van der Waals surface area (Å²) in [6.45, 7) is 2.96. The number of ether oxygens (including phenoxy) is 1. The molecule has 1 aromatic carbocycles. The molecule has 0 radical (unpaired) electrons. The fourth-order valence-corrected chi connectivity index (χ4v) is 2.88. The van der Waals surface area contributed by atoms with E-state index in [2.05, 4.69) is 12.1 Å². The van der Waals surface area contributed by atoms with Crippen LogP contribution >= 0.6 is 0 Å². The number of hydrogen-bond acceptors (Lipinski definition) is 4. The first-order valence-corrected chi connectivity index (χ1v) is 8.45. The molecule has 25 heavy (non-hydrogen) atoms. The SMILES string of the molecule is CC(C(=O)OCCN(C)C)c1cc(-c2ccccc2)c2cccoc1-2. The molecule has 1 heterocycles. The van der Waals surface area contributed by atoms with Crippen molar-refractivity contribution in [3.05, 3.63) is 60.4 Å². The van der Waals surface area contributed by atoms with E-state index in [0.29, 0.717) is 13.2 Å². The number of esters is 1. The lowest BCUT2D eigenvalue weighted by molar-refractivity contribution is -0.145. The van der Waals surface area contributed by atoms with Crippen molar-refractivity contribution in [2.24, 2.45) is 0 Å². The van der Waals surface area contributed by atoms with Gasteiger partial charge in [0, 0.05) is 17.7 Å². The van der Waals surface area contributed by atoms with E-state index in [4.69, 9.17) is 9.15 Å². The zero-order chi connectivity index (χ0) is 17.8. The van der Waals surface area contributed by atoms with Gasteiger partial charge in [-0.15, -0.1) is 0 Å². The van der Waals surface area contributed by atoms with Crippen LogP contribution in [0.1, 0.15) is 18.4 Å². The second-order valence-electron chi connectivity index (χ2n) is 6.43. The lowest BCUT2D eigenvalue weighted by Gasteiger charge is -2.14. The number of fused-ring (bicyclic) bond motifs is 1. The van der Waals surface area contributed by atoms with Crippen LogP contribution < -0.4 is 0 Å². The highest BCUT2D eigenvalue weighted by atomic mass is 16.5. The Bertz CT molecular complexity index is 807. The van der Waals surface area contributed by atoms with Gasteiger partial charge in [-0.1, -0.05) is 30.3 Å². The van der Waals surface area contributed by atoms with E-state index in [-0.39, 0.29) is 11.9 Å². The summed E-state index contributed by atoms with van der Waals surface area (Å²) in [4.78, 5) is 14.4. The standard InChI is InChI=1S/C21H23NO3/c1-15(21(23)25-13-11-22(2)3)18-14-19(16-8-5-4-6-9-16)17-10-7-12-24-20(17)18/h4-10,12,14-15H,11,13H2,1-3H3. The Morgan fingerprint density at radius 3 is 2.60 bits per heavy atom. The molecule has 0 bridgehead atoms. The third-order valence-electron chi connectivity index (χ3n) is 4.31. The largest absolute Gasteiger partial charge is 0.464 e. The Hall–Kier alpha value is -2.59. The van der Waals surface area contributed by atoms with E-state index in [1.165, 1.54) is 0 Å². The predicted octanol–water partition coefficient (Wildman–Crippen LogP) is 4.26. The van der Waals surface area contributed by atoms with Gasteiger partial charge in [0.2, 0.25) is 0 Å². The van der Waals surface area contributed by atoms with Crippen molar-refractivity contribution < 1.29 is 13.9 Å². The van der Waals surface area contributed by atoms with E-state index < -0.39 is 0 Å². The predicted molar refractivity (Wildman–Crippen MR) is 98.7 cm³/mol. The van der Waals surface area contributed by atoms with Crippen molar-refractivity contribution in [1.82, 2.24) is 4.90 Å². The van der Waals surface area contributed by atoms with Gasteiger partial charge in [0.25, 0.3) is 0 Å². The molecule has 1 aliphatic carbocycles. The van der Waals surface area contributed by atoms with Crippen LogP contribution in [0.25, 0.3) is 22.5 Å². The molecule has 0 spiro atoms. The van der Waals surface area contributed by atoms with Gasteiger partial charge in [-0.05, 0) is 50.3 Å². The smallest absolute Gasteiger partial charge is 0.313 e. The van der Waals surface area contributed by atoms with Gasteiger partial charge in [-0.2, -0.15) is 0 Å². The van der Waals surface area contributed by atoms with Crippen molar-refractivity contribution >= 4 is 5.97 Å². The van der Waals surface area contributed by atoms with Crippen LogP contribution in [0.3, 0.4) is 0 Å².